The van der Waals surface area contributed by atoms with E-state index >= 15 is 0 Å². The van der Waals surface area contributed by atoms with Crippen molar-refractivity contribution in [1.29, 1.82) is 0 Å². The van der Waals surface area contributed by atoms with Gasteiger partial charge in [0.05, 0.1) is 0 Å². The highest BCUT2D eigenvalue weighted by Gasteiger charge is 2.09. The van der Waals surface area contributed by atoms with E-state index in [-0.39, 0.29) is 18.4 Å². The van der Waals surface area contributed by atoms with Crippen molar-refractivity contribution in [3.8, 4) is 0 Å². The van der Waals surface area contributed by atoms with E-state index in [1.807, 2.05) is 0 Å². The molecule has 1 atom stereocenters. The Morgan fingerprint density at radius 1 is 1.06 bits per heavy atom. The lowest BCUT2D eigenvalue weighted by Gasteiger charge is -2.22. The zero-order chi connectivity index (χ0) is 12.8. The van der Waals surface area contributed by atoms with Crippen LogP contribution in [0.5, 0.6) is 0 Å². The van der Waals surface area contributed by atoms with Crippen LogP contribution in [0.15, 0.2) is 24.3 Å². The zero-order valence-electron chi connectivity index (χ0n) is 12.0. The van der Waals surface area contributed by atoms with E-state index in [0.717, 1.165) is 19.5 Å². The Bertz CT molecular complexity index is 318. The van der Waals surface area contributed by atoms with Crippen molar-refractivity contribution in [2.24, 2.45) is 11.7 Å². The number of anilines is 1. The number of hydrogen-bond donors (Lipinski definition) is 1. The summed E-state index contributed by atoms with van der Waals surface area (Å²) in [6, 6.07) is 8.87. The van der Waals surface area contributed by atoms with Crippen LogP contribution in [-0.2, 0) is 0 Å². The molecule has 0 aliphatic carbocycles. The second kappa shape index (κ2) is 8.39. The van der Waals surface area contributed by atoms with Gasteiger partial charge in [-0.1, -0.05) is 26.0 Å². The molecule has 0 spiro atoms. The number of nitrogens with zero attached hydrogens (tertiary/aromatic N) is 1. The number of rotatable bonds is 6. The highest BCUT2D eigenvalue weighted by molar-refractivity contribution is 5.85. The molecule has 0 bridgehead atoms. The van der Waals surface area contributed by atoms with Crippen LogP contribution in [0.1, 0.15) is 45.7 Å². The smallest absolute Gasteiger partial charge is 0.0366 e. The van der Waals surface area contributed by atoms with Gasteiger partial charge in [-0.05, 0) is 43.9 Å². The maximum absolute atomic E-state index is 6.17. The number of nitrogens with two attached hydrogens (primary N) is 1. The van der Waals surface area contributed by atoms with Crippen LogP contribution in [0.4, 0.5) is 5.69 Å². The van der Waals surface area contributed by atoms with Crippen molar-refractivity contribution < 1.29 is 0 Å². The molecule has 0 aliphatic heterocycles. The fourth-order valence-corrected chi connectivity index (χ4v) is 2.17. The Morgan fingerprint density at radius 3 is 1.94 bits per heavy atom. The Kier molecular flexibility index (Phi) is 8.05. The third-order valence-electron chi connectivity index (χ3n) is 3.18. The van der Waals surface area contributed by atoms with Crippen molar-refractivity contribution in [1.82, 2.24) is 0 Å². The molecule has 1 aromatic carbocycles. The maximum Gasteiger partial charge on any atom is 0.0366 e. The predicted octanol–water partition coefficient (Wildman–Crippen LogP) is 4.00. The van der Waals surface area contributed by atoms with Crippen LogP contribution in [0.3, 0.4) is 0 Å². The molecule has 0 radical (unpaired) electrons. The maximum atomic E-state index is 6.17. The summed E-state index contributed by atoms with van der Waals surface area (Å²) in [5.74, 6) is 0.646. The molecule has 0 aromatic heterocycles. The summed E-state index contributed by atoms with van der Waals surface area (Å²) in [4.78, 5) is 2.34. The summed E-state index contributed by atoms with van der Waals surface area (Å²) in [7, 11) is 0. The molecule has 1 aromatic rings. The number of hydrogen-bond acceptors (Lipinski definition) is 2. The molecule has 18 heavy (non-hydrogen) atoms. The standard InChI is InChI=1S/C15H26N2.ClH/c1-5-17(6-2)14-9-7-13(8-10-14)15(16)11-12(3)4;/h7-10,12,15H,5-6,11,16H2,1-4H3;1H/t15-;/m1./s1. The van der Waals surface area contributed by atoms with Crippen molar-refractivity contribution in [3.63, 3.8) is 0 Å². The Morgan fingerprint density at radius 2 is 1.56 bits per heavy atom. The van der Waals surface area contributed by atoms with E-state index in [1.54, 1.807) is 0 Å². The lowest BCUT2D eigenvalue weighted by molar-refractivity contribution is 0.510. The molecule has 0 fully saturated rings. The molecule has 0 unspecified atom stereocenters. The molecule has 104 valence electrons. The van der Waals surface area contributed by atoms with E-state index in [2.05, 4.69) is 56.9 Å². The second-order valence-corrected chi connectivity index (χ2v) is 5.00. The minimum atomic E-state index is 0. The van der Waals surface area contributed by atoms with Gasteiger partial charge in [-0.2, -0.15) is 0 Å². The van der Waals surface area contributed by atoms with Gasteiger partial charge in [-0.3, -0.25) is 0 Å². The molecule has 0 saturated heterocycles. The highest BCUT2D eigenvalue weighted by atomic mass is 35.5. The Hall–Kier alpha value is -0.730. The number of halogens is 1. The van der Waals surface area contributed by atoms with E-state index in [1.165, 1.54) is 11.3 Å². The monoisotopic (exact) mass is 270 g/mol. The molecule has 0 heterocycles. The Balaban J connectivity index is 0.00000289. The largest absolute Gasteiger partial charge is 0.372 e. The highest BCUT2D eigenvalue weighted by Crippen LogP contribution is 2.22. The van der Waals surface area contributed by atoms with Gasteiger partial charge in [0.25, 0.3) is 0 Å². The minimum absolute atomic E-state index is 0. The predicted molar refractivity (Wildman–Crippen MR) is 83.6 cm³/mol. The molecule has 2 nitrogen and oxygen atoms in total. The molecule has 0 saturated carbocycles. The molecular weight excluding hydrogens is 244 g/mol. The first-order valence-corrected chi connectivity index (χ1v) is 6.68. The number of benzene rings is 1. The first-order chi connectivity index (χ1) is 8.08. The molecular formula is C15H27ClN2. The van der Waals surface area contributed by atoms with Gasteiger partial charge in [0.1, 0.15) is 0 Å². The van der Waals surface area contributed by atoms with E-state index < -0.39 is 0 Å². The van der Waals surface area contributed by atoms with Crippen molar-refractivity contribution in [2.75, 3.05) is 18.0 Å². The van der Waals surface area contributed by atoms with Gasteiger partial charge in [-0.15, -0.1) is 12.4 Å². The van der Waals surface area contributed by atoms with Gasteiger partial charge in [0.15, 0.2) is 0 Å². The fourth-order valence-electron chi connectivity index (χ4n) is 2.17. The topological polar surface area (TPSA) is 29.3 Å². The fraction of sp³-hybridized carbons (Fsp3) is 0.600. The van der Waals surface area contributed by atoms with Crippen LogP contribution in [0.25, 0.3) is 0 Å². The van der Waals surface area contributed by atoms with Crippen molar-refractivity contribution in [3.05, 3.63) is 29.8 Å². The van der Waals surface area contributed by atoms with E-state index in [0.29, 0.717) is 5.92 Å². The molecule has 3 heteroatoms. The summed E-state index contributed by atoms with van der Waals surface area (Å²) >= 11 is 0. The third kappa shape index (κ3) is 4.87. The average molecular weight is 271 g/mol. The summed E-state index contributed by atoms with van der Waals surface area (Å²) in [5.41, 5.74) is 8.71. The van der Waals surface area contributed by atoms with E-state index in [9.17, 15) is 0 Å². The van der Waals surface area contributed by atoms with Crippen LogP contribution >= 0.6 is 12.4 Å². The second-order valence-electron chi connectivity index (χ2n) is 5.00. The van der Waals surface area contributed by atoms with Gasteiger partial charge >= 0.3 is 0 Å². The third-order valence-corrected chi connectivity index (χ3v) is 3.18. The quantitative estimate of drug-likeness (QED) is 0.847. The average Bonchev–Trinajstić information content (AvgIpc) is 2.30. The summed E-state index contributed by atoms with van der Waals surface area (Å²) in [6.07, 6.45) is 1.05. The van der Waals surface area contributed by atoms with Crippen LogP contribution in [-0.4, -0.2) is 13.1 Å². The SMILES string of the molecule is CCN(CC)c1ccc([C@H](N)CC(C)C)cc1.Cl. The van der Waals surface area contributed by atoms with Crippen molar-refractivity contribution in [2.45, 2.75) is 40.2 Å². The van der Waals surface area contributed by atoms with Gasteiger partial charge in [0, 0.05) is 24.8 Å². The van der Waals surface area contributed by atoms with Gasteiger partial charge in [0.2, 0.25) is 0 Å². The first kappa shape index (κ1) is 17.3. The lowest BCUT2D eigenvalue weighted by Crippen LogP contribution is -2.21. The summed E-state index contributed by atoms with van der Waals surface area (Å²) < 4.78 is 0. The summed E-state index contributed by atoms with van der Waals surface area (Å²) in [5, 5.41) is 0. The molecule has 0 amide bonds. The normalized spacial score (nSPS) is 12.1. The molecule has 0 aliphatic rings. The van der Waals surface area contributed by atoms with Crippen molar-refractivity contribution >= 4 is 18.1 Å². The van der Waals surface area contributed by atoms with Crippen LogP contribution in [0, 0.1) is 5.92 Å². The Labute approximate surface area is 118 Å². The molecule has 1 rings (SSSR count). The molecule has 2 N–H and O–H groups in total. The summed E-state index contributed by atoms with van der Waals surface area (Å²) in [6.45, 7) is 10.9. The van der Waals surface area contributed by atoms with E-state index in [4.69, 9.17) is 5.73 Å². The first-order valence-electron chi connectivity index (χ1n) is 6.68. The van der Waals surface area contributed by atoms with Crippen LogP contribution < -0.4 is 10.6 Å². The minimum Gasteiger partial charge on any atom is -0.372 e. The lowest BCUT2D eigenvalue weighted by atomic mass is 9.98. The van der Waals surface area contributed by atoms with Crippen LogP contribution in [0.2, 0.25) is 0 Å². The van der Waals surface area contributed by atoms with Gasteiger partial charge < -0.3 is 10.6 Å². The zero-order valence-corrected chi connectivity index (χ0v) is 12.8. The van der Waals surface area contributed by atoms with Gasteiger partial charge in [-0.25, -0.2) is 0 Å².